The molecule has 0 saturated carbocycles. The lowest BCUT2D eigenvalue weighted by molar-refractivity contribution is -0.137. The van der Waals surface area contributed by atoms with E-state index in [9.17, 15) is 9.59 Å². The highest BCUT2D eigenvalue weighted by molar-refractivity contribution is 6.35. The minimum atomic E-state index is -0.135. The van der Waals surface area contributed by atoms with Crippen LogP contribution in [0.5, 0.6) is 0 Å². The summed E-state index contributed by atoms with van der Waals surface area (Å²) in [6, 6.07) is 6.37. The van der Waals surface area contributed by atoms with Crippen LogP contribution in [0.1, 0.15) is 55.7 Å². The Hall–Kier alpha value is -2.14. The largest absolute Gasteiger partial charge is 0.366 e. The molecule has 0 radical (unpaired) electrons. The van der Waals surface area contributed by atoms with Crippen LogP contribution < -0.4 is 0 Å². The number of carbonyl (C=O) groups is 2. The van der Waals surface area contributed by atoms with Gasteiger partial charge in [0, 0.05) is 19.6 Å². The lowest BCUT2D eigenvalue weighted by atomic mass is 9.97. The molecule has 0 atom stereocenters. The Morgan fingerprint density at radius 3 is 2.34 bits per heavy atom. The Bertz CT molecular complexity index is 806. The number of unbranched alkanes of at least 4 members (excludes halogenated alkanes) is 2. The van der Waals surface area contributed by atoms with Crippen LogP contribution in [0.15, 0.2) is 23.9 Å². The van der Waals surface area contributed by atoms with Crippen LogP contribution in [-0.4, -0.2) is 66.3 Å². The van der Waals surface area contributed by atoms with Crippen LogP contribution in [-0.2, 0) is 9.59 Å². The molecule has 2 amide bonds. The summed E-state index contributed by atoms with van der Waals surface area (Å²) >= 11 is 0. The predicted octanol–water partition coefficient (Wildman–Crippen LogP) is 3.60. The number of carbonyl (C=O) groups excluding carboxylic acids is 2. The van der Waals surface area contributed by atoms with Crippen LogP contribution in [0.4, 0.5) is 0 Å². The number of benzene rings is 1. The highest BCUT2D eigenvalue weighted by Crippen LogP contribution is 2.34. The first-order valence-corrected chi connectivity index (χ1v) is 10.9. The molecule has 2 heterocycles. The molecule has 0 N–H and O–H groups in total. The summed E-state index contributed by atoms with van der Waals surface area (Å²) in [5.74, 6) is -0.259. The zero-order chi connectivity index (χ0) is 21.1. The van der Waals surface area contributed by atoms with Crippen molar-refractivity contribution in [3.8, 4) is 0 Å². The average molecular weight is 398 g/mol. The van der Waals surface area contributed by atoms with Crippen molar-refractivity contribution in [1.82, 2.24) is 14.7 Å². The van der Waals surface area contributed by atoms with E-state index >= 15 is 0 Å². The van der Waals surface area contributed by atoms with E-state index in [0.29, 0.717) is 17.8 Å². The molecule has 1 saturated heterocycles. The summed E-state index contributed by atoms with van der Waals surface area (Å²) < 4.78 is 0. The third kappa shape index (κ3) is 4.40. The van der Waals surface area contributed by atoms with E-state index in [1.54, 1.807) is 0 Å². The molecule has 29 heavy (non-hydrogen) atoms. The third-order valence-electron chi connectivity index (χ3n) is 6.51. The normalized spacial score (nSPS) is 18.9. The second-order valence-electron chi connectivity index (χ2n) is 8.64. The van der Waals surface area contributed by atoms with Gasteiger partial charge in [-0.15, -0.1) is 0 Å². The Morgan fingerprint density at radius 2 is 1.72 bits per heavy atom. The van der Waals surface area contributed by atoms with Gasteiger partial charge in [-0.25, -0.2) is 0 Å². The number of amides is 2. The number of likely N-dealkylation sites (tertiary alicyclic amines) is 1. The molecule has 2 aliphatic rings. The first-order chi connectivity index (χ1) is 13.8. The van der Waals surface area contributed by atoms with Crippen LogP contribution >= 0.6 is 0 Å². The van der Waals surface area contributed by atoms with Gasteiger partial charge in [-0.2, -0.15) is 0 Å². The highest BCUT2D eigenvalue weighted by Gasteiger charge is 2.42. The minimum absolute atomic E-state index is 0.124. The van der Waals surface area contributed by atoms with Crippen molar-refractivity contribution < 1.29 is 9.59 Å². The maximum atomic E-state index is 13.4. The fraction of sp³-hybridized carbons (Fsp3) is 0.583. The van der Waals surface area contributed by atoms with Gasteiger partial charge in [-0.1, -0.05) is 38.0 Å². The lowest BCUT2D eigenvalue weighted by Crippen LogP contribution is -2.43. The summed E-state index contributed by atoms with van der Waals surface area (Å²) in [4.78, 5) is 32.6. The summed E-state index contributed by atoms with van der Waals surface area (Å²) in [5, 5.41) is 0. The van der Waals surface area contributed by atoms with Crippen LogP contribution in [0.3, 0.4) is 0 Å². The maximum Gasteiger partial charge on any atom is 0.277 e. The summed E-state index contributed by atoms with van der Waals surface area (Å²) in [5.41, 5.74) is 4.36. The number of hydrogen-bond acceptors (Lipinski definition) is 4. The molecular formula is C24H35N3O2. The monoisotopic (exact) mass is 397 g/mol. The van der Waals surface area contributed by atoms with Crippen molar-refractivity contribution in [1.29, 1.82) is 0 Å². The quantitative estimate of drug-likeness (QED) is 0.521. The molecule has 0 unspecified atom stereocenters. The first-order valence-electron chi connectivity index (χ1n) is 10.9. The number of rotatable bonds is 7. The van der Waals surface area contributed by atoms with Crippen LogP contribution in [0.25, 0.3) is 5.57 Å². The van der Waals surface area contributed by atoms with E-state index in [0.717, 1.165) is 56.3 Å². The number of likely N-dealkylation sites (N-methyl/N-ethyl adjacent to an activating group) is 1. The summed E-state index contributed by atoms with van der Waals surface area (Å²) in [6.45, 7) is 8.79. The molecule has 0 aromatic heterocycles. The number of imide groups is 1. The number of aryl methyl sites for hydroxylation is 2. The molecule has 2 aliphatic heterocycles. The average Bonchev–Trinajstić information content (AvgIpc) is 2.95. The van der Waals surface area contributed by atoms with E-state index in [2.05, 4.69) is 37.6 Å². The van der Waals surface area contributed by atoms with Crippen LogP contribution in [0, 0.1) is 13.8 Å². The minimum Gasteiger partial charge on any atom is -0.366 e. The van der Waals surface area contributed by atoms with Crippen molar-refractivity contribution in [3.05, 3.63) is 40.6 Å². The number of hydrogen-bond donors (Lipinski definition) is 0. The highest BCUT2D eigenvalue weighted by atomic mass is 16.2. The standard InChI is InChI=1S/C24H35N3O2/c1-6-7-8-13-27-23(28)21(19-10-9-17(2)18(3)16-19)22(24(27)29)26(5)20-11-14-25(4)15-12-20/h9-10,16,20H,6-8,11-15H2,1-5H3. The third-order valence-corrected chi connectivity index (χ3v) is 6.51. The first kappa shape index (κ1) is 21.6. The summed E-state index contributed by atoms with van der Waals surface area (Å²) in [6.07, 6.45) is 4.97. The van der Waals surface area contributed by atoms with Gasteiger partial charge >= 0.3 is 0 Å². The van der Waals surface area contributed by atoms with Crippen molar-refractivity contribution in [2.24, 2.45) is 0 Å². The maximum absolute atomic E-state index is 13.4. The van der Waals surface area contributed by atoms with E-state index < -0.39 is 0 Å². The van der Waals surface area contributed by atoms with Gasteiger partial charge in [0.1, 0.15) is 5.70 Å². The molecule has 3 rings (SSSR count). The van der Waals surface area contributed by atoms with Crippen molar-refractivity contribution in [2.75, 3.05) is 33.7 Å². The second-order valence-corrected chi connectivity index (χ2v) is 8.64. The molecule has 0 spiro atoms. The zero-order valence-corrected chi connectivity index (χ0v) is 18.6. The Labute approximate surface area is 175 Å². The zero-order valence-electron chi connectivity index (χ0n) is 18.6. The molecule has 5 heteroatoms. The van der Waals surface area contributed by atoms with Gasteiger partial charge < -0.3 is 9.80 Å². The van der Waals surface area contributed by atoms with Crippen molar-refractivity contribution in [2.45, 2.75) is 58.9 Å². The number of nitrogens with zero attached hydrogens (tertiary/aromatic N) is 3. The number of piperidine rings is 1. The molecule has 1 aromatic rings. The molecule has 1 fully saturated rings. The van der Waals surface area contributed by atoms with Gasteiger partial charge in [-0.3, -0.25) is 14.5 Å². The van der Waals surface area contributed by atoms with Crippen LogP contribution in [0.2, 0.25) is 0 Å². The summed E-state index contributed by atoms with van der Waals surface area (Å²) in [7, 11) is 4.13. The van der Waals surface area contributed by atoms with E-state index in [4.69, 9.17) is 0 Å². The Morgan fingerprint density at radius 1 is 1.03 bits per heavy atom. The molecular weight excluding hydrogens is 362 g/mol. The topological polar surface area (TPSA) is 43.9 Å². The van der Waals surface area contributed by atoms with E-state index in [1.165, 1.54) is 10.5 Å². The van der Waals surface area contributed by atoms with Gasteiger partial charge in [0.05, 0.1) is 5.57 Å². The Kier molecular flexibility index (Phi) is 6.78. The van der Waals surface area contributed by atoms with Crippen molar-refractivity contribution in [3.63, 3.8) is 0 Å². The fourth-order valence-corrected chi connectivity index (χ4v) is 4.34. The second kappa shape index (κ2) is 9.12. The fourth-order valence-electron chi connectivity index (χ4n) is 4.34. The molecule has 0 bridgehead atoms. The van der Waals surface area contributed by atoms with E-state index in [1.807, 2.05) is 25.2 Å². The lowest BCUT2D eigenvalue weighted by Gasteiger charge is -2.36. The van der Waals surface area contributed by atoms with E-state index in [-0.39, 0.29) is 17.9 Å². The van der Waals surface area contributed by atoms with Gasteiger partial charge in [0.25, 0.3) is 11.8 Å². The Balaban J connectivity index is 1.98. The SMILES string of the molecule is CCCCCN1C(=O)C(c2ccc(C)c(C)c2)=C(N(C)C2CCN(C)CC2)C1=O. The van der Waals surface area contributed by atoms with Gasteiger partial charge in [0.2, 0.25) is 0 Å². The van der Waals surface area contributed by atoms with Gasteiger partial charge in [-0.05, 0) is 69.9 Å². The molecule has 0 aliphatic carbocycles. The molecule has 1 aromatic carbocycles. The molecule has 5 nitrogen and oxygen atoms in total. The van der Waals surface area contributed by atoms with Crippen molar-refractivity contribution >= 4 is 17.4 Å². The predicted molar refractivity (Wildman–Crippen MR) is 117 cm³/mol. The smallest absolute Gasteiger partial charge is 0.277 e. The molecule has 158 valence electrons. The van der Waals surface area contributed by atoms with Gasteiger partial charge in [0.15, 0.2) is 0 Å².